The van der Waals surface area contributed by atoms with Crippen molar-refractivity contribution in [2.45, 2.75) is 13.8 Å². The predicted octanol–water partition coefficient (Wildman–Crippen LogP) is 0.194. The standard InChI is InChI=1S/C7H9NO/c1-4-7-5(2)8-6(3)9-7/h4H,2H2,1,3H3/b7-4+. The van der Waals surface area contributed by atoms with Gasteiger partial charge in [0.25, 0.3) is 0 Å². The number of hydrogen-bond acceptors (Lipinski definition) is 2. The molecule has 1 rings (SSSR count). The van der Waals surface area contributed by atoms with E-state index in [1.54, 1.807) is 0 Å². The summed E-state index contributed by atoms with van der Waals surface area (Å²) < 4.78 is 5.13. The molecule has 0 bridgehead atoms. The molecule has 0 saturated heterocycles. The third kappa shape index (κ3) is 1.02. The van der Waals surface area contributed by atoms with E-state index in [1.807, 2.05) is 19.9 Å². The van der Waals surface area contributed by atoms with Crippen LogP contribution in [0.2, 0.25) is 0 Å². The molecule has 9 heavy (non-hydrogen) atoms. The van der Waals surface area contributed by atoms with Crippen LogP contribution in [0.25, 0.3) is 12.7 Å². The molecule has 0 fully saturated rings. The van der Waals surface area contributed by atoms with Gasteiger partial charge >= 0.3 is 0 Å². The number of hydrogen-bond donors (Lipinski definition) is 0. The molecular formula is C7H9NO. The van der Waals surface area contributed by atoms with E-state index in [-0.39, 0.29) is 0 Å². The second-order valence-electron chi connectivity index (χ2n) is 1.83. The van der Waals surface area contributed by atoms with Crippen molar-refractivity contribution in [3.63, 3.8) is 0 Å². The Morgan fingerprint density at radius 2 is 2.33 bits per heavy atom. The fraction of sp³-hybridized carbons (Fsp3) is 0.286. The maximum atomic E-state index is 5.13. The van der Waals surface area contributed by atoms with Gasteiger partial charge in [0.15, 0.2) is 5.89 Å². The quantitative estimate of drug-likeness (QED) is 0.492. The molecule has 0 atom stereocenters. The Hall–Kier alpha value is -1.05. The molecule has 0 aromatic carbocycles. The number of nitrogens with zero attached hydrogens (tertiary/aromatic N) is 1. The molecule has 2 nitrogen and oxygen atoms in total. The lowest BCUT2D eigenvalue weighted by molar-refractivity contribution is 0.491. The van der Waals surface area contributed by atoms with Gasteiger partial charge in [-0.25, -0.2) is 4.98 Å². The minimum Gasteiger partial charge on any atom is -0.441 e. The van der Waals surface area contributed by atoms with Crippen molar-refractivity contribution in [1.29, 1.82) is 0 Å². The SMILES string of the molecule is C=c1nc(C)o/c1=C/C. The second-order valence-corrected chi connectivity index (χ2v) is 1.83. The molecule has 0 aliphatic carbocycles. The van der Waals surface area contributed by atoms with Crippen molar-refractivity contribution < 1.29 is 4.42 Å². The first-order chi connectivity index (χ1) is 4.24. The van der Waals surface area contributed by atoms with Gasteiger partial charge in [-0.1, -0.05) is 6.58 Å². The molecule has 0 amide bonds. The summed E-state index contributed by atoms with van der Waals surface area (Å²) in [5.41, 5.74) is 0.771. The van der Waals surface area contributed by atoms with Crippen molar-refractivity contribution >= 4 is 12.7 Å². The highest BCUT2D eigenvalue weighted by Crippen LogP contribution is 1.77. The van der Waals surface area contributed by atoms with Crippen LogP contribution in [-0.2, 0) is 0 Å². The molecule has 0 unspecified atom stereocenters. The molecular weight excluding hydrogens is 114 g/mol. The molecule has 0 spiro atoms. The fourth-order valence-electron chi connectivity index (χ4n) is 0.712. The predicted molar refractivity (Wildman–Crippen MR) is 36.2 cm³/mol. The zero-order valence-corrected chi connectivity index (χ0v) is 5.64. The Bertz CT molecular complexity index is 297. The van der Waals surface area contributed by atoms with Gasteiger partial charge in [-0.05, 0) is 13.0 Å². The van der Waals surface area contributed by atoms with E-state index < -0.39 is 0 Å². The Morgan fingerprint density at radius 1 is 1.67 bits per heavy atom. The van der Waals surface area contributed by atoms with Crippen LogP contribution >= 0.6 is 0 Å². The van der Waals surface area contributed by atoms with Gasteiger partial charge in [0.05, 0.1) is 0 Å². The highest BCUT2D eigenvalue weighted by Gasteiger charge is 1.89. The molecule has 0 N–H and O–H groups in total. The monoisotopic (exact) mass is 123 g/mol. The van der Waals surface area contributed by atoms with Gasteiger partial charge in [0.2, 0.25) is 0 Å². The van der Waals surface area contributed by atoms with Crippen LogP contribution < -0.4 is 10.8 Å². The molecule has 48 valence electrons. The maximum Gasteiger partial charge on any atom is 0.192 e. The lowest BCUT2D eigenvalue weighted by Crippen LogP contribution is -2.18. The van der Waals surface area contributed by atoms with Crippen LogP contribution in [0.3, 0.4) is 0 Å². The number of aromatic nitrogens is 1. The maximum absolute atomic E-state index is 5.13. The van der Waals surface area contributed by atoms with Gasteiger partial charge in [-0.15, -0.1) is 0 Å². The largest absolute Gasteiger partial charge is 0.441 e. The van der Waals surface area contributed by atoms with Crippen LogP contribution in [0, 0.1) is 6.92 Å². The first-order valence-electron chi connectivity index (χ1n) is 2.83. The van der Waals surface area contributed by atoms with E-state index >= 15 is 0 Å². The Morgan fingerprint density at radius 3 is 2.56 bits per heavy atom. The molecule has 0 aliphatic heterocycles. The van der Waals surface area contributed by atoms with Crippen LogP contribution in [0.15, 0.2) is 4.42 Å². The molecule has 0 radical (unpaired) electrons. The first-order valence-corrected chi connectivity index (χ1v) is 2.83. The lowest BCUT2D eigenvalue weighted by Gasteiger charge is -1.70. The van der Waals surface area contributed by atoms with Gasteiger partial charge in [0, 0.05) is 6.92 Å². The lowest BCUT2D eigenvalue weighted by atomic mass is 10.5. The van der Waals surface area contributed by atoms with E-state index in [0.29, 0.717) is 5.89 Å². The van der Waals surface area contributed by atoms with Gasteiger partial charge in [-0.3, -0.25) is 0 Å². The number of rotatable bonds is 0. The van der Waals surface area contributed by atoms with Crippen molar-refractivity contribution in [1.82, 2.24) is 4.98 Å². The molecule has 2 heteroatoms. The van der Waals surface area contributed by atoms with Crippen molar-refractivity contribution in [2.75, 3.05) is 0 Å². The normalized spacial score (nSPS) is 12.4. The van der Waals surface area contributed by atoms with E-state index in [9.17, 15) is 0 Å². The van der Waals surface area contributed by atoms with E-state index in [4.69, 9.17) is 4.42 Å². The smallest absolute Gasteiger partial charge is 0.192 e. The highest BCUT2D eigenvalue weighted by atomic mass is 16.3. The number of aryl methyl sites for hydroxylation is 1. The minimum atomic E-state index is 0.674. The third-order valence-electron chi connectivity index (χ3n) is 1.10. The summed E-state index contributed by atoms with van der Waals surface area (Å²) in [5, 5.41) is 0.718. The molecule has 0 aliphatic rings. The van der Waals surface area contributed by atoms with Gasteiger partial charge in [0.1, 0.15) is 10.8 Å². The van der Waals surface area contributed by atoms with Crippen LogP contribution in [0.1, 0.15) is 12.8 Å². The van der Waals surface area contributed by atoms with Crippen molar-refractivity contribution in [3.8, 4) is 0 Å². The van der Waals surface area contributed by atoms with E-state index in [2.05, 4.69) is 11.6 Å². The average molecular weight is 123 g/mol. The fourth-order valence-corrected chi connectivity index (χ4v) is 0.712. The minimum absolute atomic E-state index is 0.674. The molecule has 1 aromatic rings. The molecule has 1 heterocycles. The summed E-state index contributed by atoms with van der Waals surface area (Å²) >= 11 is 0. The van der Waals surface area contributed by atoms with Gasteiger partial charge < -0.3 is 4.42 Å². The Kier molecular flexibility index (Phi) is 1.39. The Labute approximate surface area is 53.5 Å². The topological polar surface area (TPSA) is 26.0 Å². The summed E-state index contributed by atoms with van der Waals surface area (Å²) in [7, 11) is 0. The third-order valence-corrected chi connectivity index (χ3v) is 1.10. The Balaban J connectivity index is 3.52. The summed E-state index contributed by atoms with van der Waals surface area (Å²) in [6, 6.07) is 0. The summed E-state index contributed by atoms with van der Waals surface area (Å²) in [6.45, 7) is 7.38. The zero-order valence-electron chi connectivity index (χ0n) is 5.64. The zero-order chi connectivity index (χ0) is 6.85. The highest BCUT2D eigenvalue weighted by molar-refractivity contribution is 5.13. The number of oxazole rings is 1. The van der Waals surface area contributed by atoms with Gasteiger partial charge in [-0.2, -0.15) is 0 Å². The molecule has 1 aromatic heterocycles. The van der Waals surface area contributed by atoms with Crippen LogP contribution in [-0.4, -0.2) is 4.98 Å². The summed E-state index contributed by atoms with van der Waals surface area (Å²) in [4.78, 5) is 3.97. The summed E-state index contributed by atoms with van der Waals surface area (Å²) in [6.07, 6.45) is 1.85. The van der Waals surface area contributed by atoms with Crippen LogP contribution in [0.5, 0.6) is 0 Å². The van der Waals surface area contributed by atoms with Crippen LogP contribution in [0.4, 0.5) is 0 Å². The average Bonchev–Trinajstić information content (AvgIpc) is 2.10. The van der Waals surface area contributed by atoms with E-state index in [1.165, 1.54) is 0 Å². The van der Waals surface area contributed by atoms with Crippen molar-refractivity contribution in [3.05, 3.63) is 16.7 Å². The van der Waals surface area contributed by atoms with Crippen molar-refractivity contribution in [2.24, 2.45) is 0 Å². The molecule has 0 saturated carbocycles. The van der Waals surface area contributed by atoms with E-state index in [0.717, 1.165) is 10.8 Å². The first kappa shape index (κ1) is 6.08. The second kappa shape index (κ2) is 2.05. The summed E-state index contributed by atoms with van der Waals surface area (Å²) in [5.74, 6) is 0.674.